The third-order valence-corrected chi connectivity index (χ3v) is 6.69. The summed E-state index contributed by atoms with van der Waals surface area (Å²) in [5.41, 5.74) is 0. The van der Waals surface area contributed by atoms with Gasteiger partial charge < -0.3 is 4.90 Å². The molecule has 0 saturated heterocycles. The van der Waals surface area contributed by atoms with Gasteiger partial charge in [0.2, 0.25) is 0 Å². The molecule has 0 bridgehead atoms. The third kappa shape index (κ3) is 14.6. The van der Waals surface area contributed by atoms with Gasteiger partial charge in [0.15, 0.2) is 0 Å². The molecule has 0 spiro atoms. The van der Waals surface area contributed by atoms with Crippen molar-refractivity contribution in [3.05, 3.63) is 0 Å². The highest BCUT2D eigenvalue weighted by Gasteiger charge is 2.20. The molecule has 1 heteroatoms. The molecule has 0 aromatic carbocycles. The van der Waals surface area contributed by atoms with Crippen molar-refractivity contribution in [3.8, 4) is 0 Å². The van der Waals surface area contributed by atoms with Crippen molar-refractivity contribution in [2.24, 2.45) is 0 Å². The molecular formula is C26H53N. The molecular weight excluding hydrogens is 326 g/mol. The summed E-state index contributed by atoms with van der Waals surface area (Å²) >= 11 is 0. The number of unbranched alkanes of at least 4 members (excludes halogenated alkanes) is 14. The van der Waals surface area contributed by atoms with Crippen LogP contribution in [0.25, 0.3) is 0 Å². The Morgan fingerprint density at radius 2 is 0.852 bits per heavy atom. The molecule has 0 aromatic heterocycles. The highest BCUT2D eigenvalue weighted by molar-refractivity contribution is 4.76. The Bertz CT molecular complexity index is 262. The van der Waals surface area contributed by atoms with E-state index >= 15 is 0 Å². The lowest BCUT2D eigenvalue weighted by Gasteiger charge is -2.34. The zero-order valence-corrected chi connectivity index (χ0v) is 19.3. The van der Waals surface area contributed by atoms with E-state index in [9.17, 15) is 0 Å². The first kappa shape index (κ1) is 25.0. The fourth-order valence-electron chi connectivity index (χ4n) is 4.82. The summed E-state index contributed by atoms with van der Waals surface area (Å²) in [6, 6.07) is 0.924. The molecule has 1 aliphatic rings. The molecule has 0 aliphatic heterocycles. The van der Waals surface area contributed by atoms with Gasteiger partial charge in [0.25, 0.3) is 0 Å². The summed E-state index contributed by atoms with van der Waals surface area (Å²) in [6.07, 6.45) is 30.6. The van der Waals surface area contributed by atoms with Crippen molar-refractivity contribution in [1.82, 2.24) is 4.90 Å². The van der Waals surface area contributed by atoms with Crippen LogP contribution in [0.2, 0.25) is 0 Å². The number of hydrogen-bond donors (Lipinski definition) is 0. The van der Waals surface area contributed by atoms with E-state index in [2.05, 4.69) is 18.7 Å². The predicted octanol–water partition coefficient (Wildman–Crippen LogP) is 8.90. The summed E-state index contributed by atoms with van der Waals surface area (Å²) in [5, 5.41) is 0. The fourth-order valence-corrected chi connectivity index (χ4v) is 4.82. The first-order valence-electron chi connectivity index (χ1n) is 13.1. The van der Waals surface area contributed by atoms with E-state index in [1.54, 1.807) is 0 Å². The average Bonchev–Trinajstić information content (AvgIpc) is 2.71. The van der Waals surface area contributed by atoms with E-state index in [1.807, 2.05) is 0 Å². The van der Waals surface area contributed by atoms with Gasteiger partial charge in [0, 0.05) is 6.04 Å². The van der Waals surface area contributed by atoms with Gasteiger partial charge in [-0.2, -0.15) is 0 Å². The van der Waals surface area contributed by atoms with E-state index in [-0.39, 0.29) is 0 Å². The van der Waals surface area contributed by atoms with E-state index < -0.39 is 0 Å². The lowest BCUT2D eigenvalue weighted by Crippen LogP contribution is -2.38. The van der Waals surface area contributed by atoms with Crippen LogP contribution in [0.1, 0.15) is 149 Å². The van der Waals surface area contributed by atoms with Crippen molar-refractivity contribution in [1.29, 1.82) is 0 Å². The molecule has 0 radical (unpaired) electrons. The van der Waals surface area contributed by atoms with E-state index in [0.717, 1.165) is 6.04 Å². The summed E-state index contributed by atoms with van der Waals surface area (Å²) in [6.45, 7) is 7.39. The van der Waals surface area contributed by atoms with Gasteiger partial charge in [0.05, 0.1) is 0 Å². The molecule has 1 saturated carbocycles. The molecule has 27 heavy (non-hydrogen) atoms. The van der Waals surface area contributed by atoms with Gasteiger partial charge in [-0.05, 0) is 38.8 Å². The standard InChI is InChI=1S/C26H53N/c1-3-5-7-9-11-13-15-20-24-27(26-22-18-17-19-23-26)25-21-16-14-12-10-8-6-4-2/h26H,3-25H2,1-2H3. The van der Waals surface area contributed by atoms with Gasteiger partial charge >= 0.3 is 0 Å². The smallest absolute Gasteiger partial charge is 0.00952 e. The number of rotatable bonds is 19. The van der Waals surface area contributed by atoms with Crippen molar-refractivity contribution >= 4 is 0 Å². The van der Waals surface area contributed by atoms with Gasteiger partial charge in [0.1, 0.15) is 0 Å². The first-order valence-corrected chi connectivity index (χ1v) is 13.1. The fraction of sp³-hybridized carbons (Fsp3) is 1.00. The van der Waals surface area contributed by atoms with Crippen molar-refractivity contribution in [3.63, 3.8) is 0 Å². The van der Waals surface area contributed by atoms with Crippen LogP contribution in [0, 0.1) is 0 Å². The van der Waals surface area contributed by atoms with Gasteiger partial charge in [-0.25, -0.2) is 0 Å². The molecule has 0 N–H and O–H groups in total. The summed E-state index contributed by atoms with van der Waals surface area (Å²) < 4.78 is 0. The van der Waals surface area contributed by atoms with Crippen molar-refractivity contribution in [2.45, 2.75) is 155 Å². The molecule has 0 aromatic rings. The van der Waals surface area contributed by atoms with Crippen LogP contribution in [-0.4, -0.2) is 24.0 Å². The van der Waals surface area contributed by atoms with Crippen LogP contribution in [-0.2, 0) is 0 Å². The zero-order valence-electron chi connectivity index (χ0n) is 19.3. The minimum Gasteiger partial charge on any atom is -0.300 e. The van der Waals surface area contributed by atoms with Crippen LogP contribution in [0.4, 0.5) is 0 Å². The molecule has 1 nitrogen and oxygen atoms in total. The maximum atomic E-state index is 2.91. The van der Waals surface area contributed by atoms with E-state index in [0.29, 0.717) is 0 Å². The largest absolute Gasteiger partial charge is 0.300 e. The zero-order chi connectivity index (χ0) is 19.4. The van der Waals surface area contributed by atoms with Crippen LogP contribution in [0.3, 0.4) is 0 Å². The lowest BCUT2D eigenvalue weighted by molar-refractivity contribution is 0.150. The molecule has 1 fully saturated rings. The number of nitrogens with zero attached hydrogens (tertiary/aromatic N) is 1. The Hall–Kier alpha value is -0.0400. The molecule has 0 amide bonds. The topological polar surface area (TPSA) is 3.24 Å². The molecule has 1 aliphatic carbocycles. The highest BCUT2D eigenvalue weighted by Crippen LogP contribution is 2.24. The van der Waals surface area contributed by atoms with E-state index in [4.69, 9.17) is 0 Å². The maximum Gasteiger partial charge on any atom is 0.00952 e. The van der Waals surface area contributed by atoms with Gasteiger partial charge in [-0.15, -0.1) is 0 Å². The quantitative estimate of drug-likeness (QED) is 0.202. The normalized spacial score (nSPS) is 15.7. The second kappa shape index (κ2) is 19.3. The molecule has 162 valence electrons. The predicted molar refractivity (Wildman–Crippen MR) is 124 cm³/mol. The Labute approximate surface area is 173 Å². The Kier molecular flexibility index (Phi) is 17.9. The second-order valence-corrected chi connectivity index (χ2v) is 9.28. The Balaban J connectivity index is 2.10. The first-order chi connectivity index (χ1) is 13.4. The van der Waals surface area contributed by atoms with Crippen molar-refractivity contribution < 1.29 is 0 Å². The van der Waals surface area contributed by atoms with Gasteiger partial charge in [-0.1, -0.05) is 123 Å². The monoisotopic (exact) mass is 379 g/mol. The van der Waals surface area contributed by atoms with Crippen LogP contribution in [0.15, 0.2) is 0 Å². The molecule has 1 rings (SSSR count). The summed E-state index contributed by atoms with van der Waals surface area (Å²) in [4.78, 5) is 2.91. The van der Waals surface area contributed by atoms with Crippen molar-refractivity contribution in [2.75, 3.05) is 13.1 Å². The Morgan fingerprint density at radius 3 is 1.26 bits per heavy atom. The SMILES string of the molecule is CCCCCCCCCCN(CCCCCCCCCC)C1CCCCC1. The summed E-state index contributed by atoms with van der Waals surface area (Å²) in [5.74, 6) is 0. The Morgan fingerprint density at radius 1 is 0.481 bits per heavy atom. The summed E-state index contributed by atoms with van der Waals surface area (Å²) in [7, 11) is 0. The van der Waals surface area contributed by atoms with Crippen LogP contribution >= 0.6 is 0 Å². The number of hydrogen-bond acceptors (Lipinski definition) is 1. The molecule has 0 heterocycles. The maximum absolute atomic E-state index is 2.91. The second-order valence-electron chi connectivity index (χ2n) is 9.28. The van der Waals surface area contributed by atoms with E-state index in [1.165, 1.54) is 148 Å². The highest BCUT2D eigenvalue weighted by atomic mass is 15.1. The lowest BCUT2D eigenvalue weighted by atomic mass is 9.93. The van der Waals surface area contributed by atoms with Crippen LogP contribution < -0.4 is 0 Å². The minimum absolute atomic E-state index is 0.924. The van der Waals surface area contributed by atoms with Gasteiger partial charge in [-0.3, -0.25) is 0 Å². The molecule has 0 unspecified atom stereocenters. The van der Waals surface area contributed by atoms with Crippen LogP contribution in [0.5, 0.6) is 0 Å². The minimum atomic E-state index is 0.924. The molecule has 0 atom stereocenters. The third-order valence-electron chi connectivity index (χ3n) is 6.69. The average molecular weight is 380 g/mol.